The summed E-state index contributed by atoms with van der Waals surface area (Å²) in [5.41, 5.74) is 10.7. The Kier molecular flexibility index (Phi) is 6.77. The topological polar surface area (TPSA) is 41.6 Å². The van der Waals surface area contributed by atoms with Gasteiger partial charge in [-0.05, 0) is 132 Å². The van der Waals surface area contributed by atoms with Crippen LogP contribution in [0.1, 0.15) is 11.4 Å². The number of fused-ring (bicyclic) bond motifs is 5. The standard InChI is InChI=1S/C49H31N3/c1-31-51-46-26-32(30-50)14-25-47(46)52(31)41-22-19-35(20-23-41)38-21-24-44-45(29-38)49(40-18-16-34-9-3-5-11-37(34)28-40)43-13-7-6-12-42(43)48(44)39-17-15-33-8-2-4-10-36(33)27-39/h2-29H,1H3. The largest absolute Gasteiger partial charge is 0.297 e. The lowest BCUT2D eigenvalue weighted by atomic mass is 9.84. The van der Waals surface area contributed by atoms with E-state index in [1.165, 1.54) is 65.3 Å². The van der Waals surface area contributed by atoms with Crippen molar-refractivity contribution in [1.82, 2.24) is 9.55 Å². The lowest BCUT2D eigenvalue weighted by Crippen LogP contribution is -1.96. The fourth-order valence-corrected chi connectivity index (χ4v) is 8.07. The lowest BCUT2D eigenvalue weighted by molar-refractivity contribution is 1.00. The van der Waals surface area contributed by atoms with Crippen LogP contribution in [0.25, 0.3) is 93.2 Å². The van der Waals surface area contributed by atoms with Gasteiger partial charge in [-0.25, -0.2) is 4.98 Å². The van der Waals surface area contributed by atoms with Crippen LogP contribution in [0, 0.1) is 18.3 Å². The summed E-state index contributed by atoms with van der Waals surface area (Å²) < 4.78 is 2.15. The molecule has 0 saturated carbocycles. The number of nitriles is 1. The van der Waals surface area contributed by atoms with Crippen LogP contribution in [0.4, 0.5) is 0 Å². The first-order valence-corrected chi connectivity index (χ1v) is 17.6. The smallest absolute Gasteiger partial charge is 0.111 e. The Morgan fingerprint density at radius 1 is 0.462 bits per heavy atom. The van der Waals surface area contributed by atoms with Gasteiger partial charge in [-0.1, -0.05) is 121 Å². The molecule has 10 rings (SSSR count). The lowest BCUT2D eigenvalue weighted by Gasteiger charge is -2.19. The van der Waals surface area contributed by atoms with E-state index < -0.39 is 0 Å². The van der Waals surface area contributed by atoms with Gasteiger partial charge in [-0.3, -0.25) is 4.57 Å². The van der Waals surface area contributed by atoms with Gasteiger partial charge in [0.1, 0.15) is 5.82 Å². The highest BCUT2D eigenvalue weighted by Crippen LogP contribution is 2.45. The summed E-state index contributed by atoms with van der Waals surface area (Å²) in [5.74, 6) is 0.886. The van der Waals surface area contributed by atoms with E-state index in [4.69, 9.17) is 4.98 Å². The summed E-state index contributed by atoms with van der Waals surface area (Å²) in [4.78, 5) is 4.76. The third-order valence-electron chi connectivity index (χ3n) is 10.5. The molecule has 0 aliphatic heterocycles. The highest BCUT2D eigenvalue weighted by atomic mass is 15.1. The van der Waals surface area contributed by atoms with Gasteiger partial charge >= 0.3 is 0 Å². The Morgan fingerprint density at radius 2 is 1.00 bits per heavy atom. The molecule has 0 radical (unpaired) electrons. The van der Waals surface area contributed by atoms with Crippen molar-refractivity contribution in [3.63, 3.8) is 0 Å². The van der Waals surface area contributed by atoms with E-state index in [0.717, 1.165) is 33.7 Å². The minimum atomic E-state index is 0.614. The first kappa shape index (κ1) is 29.9. The molecule has 1 heterocycles. The van der Waals surface area contributed by atoms with Crippen molar-refractivity contribution in [2.45, 2.75) is 6.92 Å². The molecule has 0 N–H and O–H groups in total. The summed E-state index contributed by atoms with van der Waals surface area (Å²) in [6, 6.07) is 63.4. The maximum atomic E-state index is 9.40. The number of imidazole rings is 1. The molecule has 0 atom stereocenters. The minimum absolute atomic E-state index is 0.614. The van der Waals surface area contributed by atoms with Crippen molar-refractivity contribution in [2.75, 3.05) is 0 Å². The summed E-state index contributed by atoms with van der Waals surface area (Å²) in [7, 11) is 0. The van der Waals surface area contributed by atoms with Crippen molar-refractivity contribution < 1.29 is 0 Å². The zero-order chi connectivity index (χ0) is 34.8. The number of hydrogen-bond donors (Lipinski definition) is 0. The van der Waals surface area contributed by atoms with E-state index in [0.29, 0.717) is 5.56 Å². The predicted molar refractivity (Wildman–Crippen MR) is 217 cm³/mol. The molecule has 0 fully saturated rings. The fourth-order valence-electron chi connectivity index (χ4n) is 8.07. The number of aromatic nitrogens is 2. The third kappa shape index (κ3) is 4.77. The normalized spacial score (nSPS) is 11.5. The quantitative estimate of drug-likeness (QED) is 0.176. The number of aryl methyl sites for hydroxylation is 1. The second-order valence-corrected chi connectivity index (χ2v) is 13.5. The molecule has 0 aliphatic rings. The van der Waals surface area contributed by atoms with E-state index in [1.807, 2.05) is 25.1 Å². The maximum Gasteiger partial charge on any atom is 0.111 e. The van der Waals surface area contributed by atoms with Crippen LogP contribution >= 0.6 is 0 Å². The van der Waals surface area contributed by atoms with Crippen LogP contribution in [-0.4, -0.2) is 9.55 Å². The van der Waals surface area contributed by atoms with Crippen LogP contribution in [0.5, 0.6) is 0 Å². The molecular weight excluding hydrogens is 631 g/mol. The van der Waals surface area contributed by atoms with E-state index in [9.17, 15) is 5.26 Å². The Bertz CT molecular complexity index is 3090. The molecule has 242 valence electrons. The van der Waals surface area contributed by atoms with Crippen LogP contribution < -0.4 is 0 Å². The van der Waals surface area contributed by atoms with Crippen LogP contribution in [0.2, 0.25) is 0 Å². The van der Waals surface area contributed by atoms with Crippen LogP contribution in [0.3, 0.4) is 0 Å². The van der Waals surface area contributed by atoms with E-state index >= 15 is 0 Å². The average molecular weight is 662 g/mol. The SMILES string of the molecule is Cc1nc2cc(C#N)ccc2n1-c1ccc(-c2ccc3c(-c4ccc5ccccc5c4)c4ccccc4c(-c4ccc5ccccc5c4)c3c2)cc1. The molecule has 1 aromatic heterocycles. The molecule has 10 aromatic rings. The summed E-state index contributed by atoms with van der Waals surface area (Å²) >= 11 is 0. The monoisotopic (exact) mass is 661 g/mol. The highest BCUT2D eigenvalue weighted by molar-refractivity contribution is 6.22. The summed E-state index contributed by atoms with van der Waals surface area (Å²) in [6.07, 6.45) is 0. The van der Waals surface area contributed by atoms with Gasteiger partial charge < -0.3 is 0 Å². The maximum absolute atomic E-state index is 9.40. The van der Waals surface area contributed by atoms with Crippen molar-refractivity contribution >= 4 is 54.1 Å². The molecule has 0 bridgehead atoms. The minimum Gasteiger partial charge on any atom is -0.297 e. The molecule has 52 heavy (non-hydrogen) atoms. The molecular formula is C49H31N3. The van der Waals surface area contributed by atoms with Gasteiger partial charge in [0.2, 0.25) is 0 Å². The first-order chi connectivity index (χ1) is 25.6. The molecule has 0 saturated heterocycles. The Balaban J connectivity index is 1.20. The van der Waals surface area contributed by atoms with E-state index in [1.54, 1.807) is 0 Å². The first-order valence-electron chi connectivity index (χ1n) is 17.6. The Hall–Kier alpha value is -7.02. The molecule has 3 heteroatoms. The number of nitrogens with zero attached hydrogens (tertiary/aromatic N) is 3. The van der Waals surface area contributed by atoms with Gasteiger partial charge in [0.25, 0.3) is 0 Å². The second kappa shape index (κ2) is 11.8. The van der Waals surface area contributed by atoms with Crippen molar-refractivity contribution in [3.05, 3.63) is 181 Å². The Labute approximate surface area is 301 Å². The predicted octanol–water partition coefficient (Wildman–Crippen LogP) is 12.8. The van der Waals surface area contributed by atoms with Crippen molar-refractivity contribution in [2.24, 2.45) is 0 Å². The third-order valence-corrected chi connectivity index (χ3v) is 10.5. The number of rotatable bonds is 4. The summed E-state index contributed by atoms with van der Waals surface area (Å²) in [6.45, 7) is 2.01. The van der Waals surface area contributed by atoms with Crippen LogP contribution in [-0.2, 0) is 0 Å². The van der Waals surface area contributed by atoms with E-state index in [2.05, 4.69) is 162 Å². The van der Waals surface area contributed by atoms with Gasteiger partial charge in [0.05, 0.1) is 22.7 Å². The molecule has 3 nitrogen and oxygen atoms in total. The molecule has 9 aromatic carbocycles. The molecule has 0 spiro atoms. The van der Waals surface area contributed by atoms with Gasteiger partial charge in [-0.2, -0.15) is 5.26 Å². The zero-order valence-electron chi connectivity index (χ0n) is 28.5. The zero-order valence-corrected chi connectivity index (χ0v) is 28.5. The van der Waals surface area contributed by atoms with Crippen molar-refractivity contribution in [3.8, 4) is 45.1 Å². The van der Waals surface area contributed by atoms with Gasteiger partial charge in [-0.15, -0.1) is 0 Å². The van der Waals surface area contributed by atoms with Crippen molar-refractivity contribution in [1.29, 1.82) is 5.26 Å². The van der Waals surface area contributed by atoms with Gasteiger partial charge in [0.15, 0.2) is 0 Å². The van der Waals surface area contributed by atoms with Gasteiger partial charge in [0, 0.05) is 5.69 Å². The molecule has 0 aliphatic carbocycles. The second-order valence-electron chi connectivity index (χ2n) is 13.5. The van der Waals surface area contributed by atoms with Crippen LogP contribution in [0.15, 0.2) is 170 Å². The fraction of sp³-hybridized carbons (Fsp3) is 0.0204. The summed E-state index contributed by atoms with van der Waals surface area (Å²) in [5, 5.41) is 19.3. The van der Waals surface area contributed by atoms with E-state index in [-0.39, 0.29) is 0 Å². The highest BCUT2D eigenvalue weighted by Gasteiger charge is 2.18. The number of hydrogen-bond acceptors (Lipinski definition) is 2. The Morgan fingerprint density at radius 3 is 1.63 bits per heavy atom. The molecule has 0 unspecified atom stereocenters. The number of benzene rings is 9. The molecule has 0 amide bonds. The average Bonchev–Trinajstić information content (AvgIpc) is 3.54.